The van der Waals surface area contributed by atoms with Gasteiger partial charge in [-0.3, -0.25) is 4.99 Å². The predicted octanol–water partition coefficient (Wildman–Crippen LogP) is 2.99. The number of halogens is 3. The van der Waals surface area contributed by atoms with Gasteiger partial charge in [0.05, 0.1) is 5.75 Å². The molecule has 9 heteroatoms. The minimum absolute atomic E-state index is 0. The zero-order valence-corrected chi connectivity index (χ0v) is 18.1. The highest BCUT2D eigenvalue weighted by molar-refractivity contribution is 14.0. The van der Waals surface area contributed by atoms with Crippen LogP contribution in [0.25, 0.3) is 0 Å². The first-order valence-corrected chi connectivity index (χ1v) is 9.97. The fraction of sp³-hybridized carbons (Fsp3) is 0.278. The lowest BCUT2D eigenvalue weighted by molar-refractivity contribution is 0.581. The van der Waals surface area contributed by atoms with Gasteiger partial charge in [-0.05, 0) is 29.3 Å². The van der Waals surface area contributed by atoms with Gasteiger partial charge in [0.15, 0.2) is 15.8 Å². The molecule has 0 aliphatic rings. The van der Waals surface area contributed by atoms with Crippen molar-refractivity contribution < 1.29 is 17.2 Å². The van der Waals surface area contributed by atoms with Crippen LogP contribution in [0, 0.1) is 11.6 Å². The Balaban J connectivity index is 0.00000364. The average Bonchev–Trinajstić information content (AvgIpc) is 2.58. The van der Waals surface area contributed by atoms with E-state index in [4.69, 9.17) is 0 Å². The fourth-order valence-corrected chi connectivity index (χ4v) is 3.12. The lowest BCUT2D eigenvalue weighted by Crippen LogP contribution is -2.36. The Morgan fingerprint density at radius 2 is 1.59 bits per heavy atom. The second kappa shape index (κ2) is 10.5. The van der Waals surface area contributed by atoms with Crippen LogP contribution in [0.2, 0.25) is 0 Å². The maximum atomic E-state index is 13.6. The van der Waals surface area contributed by atoms with Crippen LogP contribution >= 0.6 is 24.0 Å². The number of guanidine groups is 1. The molecule has 5 nitrogen and oxygen atoms in total. The van der Waals surface area contributed by atoms with Gasteiger partial charge >= 0.3 is 0 Å². The SMILES string of the molecule is CN=C(NCc1ccc(CS(C)(=O)=O)cc1)NCc1cc(F)ccc1F.I. The highest BCUT2D eigenvalue weighted by atomic mass is 127. The van der Waals surface area contributed by atoms with Gasteiger partial charge in [-0.1, -0.05) is 24.3 Å². The maximum absolute atomic E-state index is 13.6. The van der Waals surface area contributed by atoms with Gasteiger partial charge in [-0.15, -0.1) is 24.0 Å². The zero-order valence-electron chi connectivity index (χ0n) is 15.0. The fourth-order valence-electron chi connectivity index (χ4n) is 2.32. The van der Waals surface area contributed by atoms with Gasteiger partial charge in [0.25, 0.3) is 0 Å². The highest BCUT2D eigenvalue weighted by Crippen LogP contribution is 2.10. The van der Waals surface area contributed by atoms with E-state index in [1.54, 1.807) is 19.2 Å². The Hall–Kier alpha value is -1.75. The summed E-state index contributed by atoms with van der Waals surface area (Å²) in [7, 11) is -1.49. The van der Waals surface area contributed by atoms with Crippen LogP contribution in [0.1, 0.15) is 16.7 Å². The quantitative estimate of drug-likeness (QED) is 0.357. The molecule has 0 saturated heterocycles. The van der Waals surface area contributed by atoms with Gasteiger partial charge in [0.2, 0.25) is 0 Å². The number of hydrogen-bond donors (Lipinski definition) is 2. The van der Waals surface area contributed by atoms with E-state index in [9.17, 15) is 17.2 Å². The number of sulfone groups is 1. The molecule has 27 heavy (non-hydrogen) atoms. The van der Waals surface area contributed by atoms with E-state index in [2.05, 4.69) is 15.6 Å². The number of nitrogens with one attached hydrogen (secondary N) is 2. The summed E-state index contributed by atoms with van der Waals surface area (Å²) in [5.41, 5.74) is 1.86. The van der Waals surface area contributed by atoms with E-state index >= 15 is 0 Å². The van der Waals surface area contributed by atoms with Crippen LogP contribution in [0.3, 0.4) is 0 Å². The molecule has 2 rings (SSSR count). The third kappa shape index (κ3) is 8.21. The minimum Gasteiger partial charge on any atom is -0.352 e. The molecule has 2 aromatic carbocycles. The Morgan fingerprint density at radius 1 is 1.00 bits per heavy atom. The molecular formula is C18H22F2IN3O2S. The Morgan fingerprint density at radius 3 is 2.19 bits per heavy atom. The normalized spacial score (nSPS) is 11.6. The van der Waals surface area contributed by atoms with Crippen molar-refractivity contribution >= 4 is 39.8 Å². The summed E-state index contributed by atoms with van der Waals surface area (Å²) in [6.45, 7) is 0.543. The number of aliphatic imine (C=N–C) groups is 1. The molecule has 0 saturated carbocycles. The molecule has 0 bridgehead atoms. The monoisotopic (exact) mass is 509 g/mol. The first kappa shape index (κ1) is 23.3. The molecule has 0 heterocycles. The van der Waals surface area contributed by atoms with E-state index in [0.29, 0.717) is 12.5 Å². The lowest BCUT2D eigenvalue weighted by Gasteiger charge is -2.13. The number of rotatable bonds is 6. The molecule has 2 aromatic rings. The number of hydrogen-bond acceptors (Lipinski definition) is 3. The number of benzene rings is 2. The first-order valence-electron chi connectivity index (χ1n) is 7.91. The molecule has 0 aliphatic carbocycles. The van der Waals surface area contributed by atoms with Crippen molar-refractivity contribution in [1.29, 1.82) is 0 Å². The summed E-state index contributed by atoms with van der Waals surface area (Å²) in [6, 6.07) is 10.5. The van der Waals surface area contributed by atoms with Gasteiger partial charge in [-0.25, -0.2) is 17.2 Å². The van der Waals surface area contributed by atoms with Gasteiger partial charge in [0, 0.05) is 32.0 Å². The molecule has 148 valence electrons. The van der Waals surface area contributed by atoms with Crippen LogP contribution in [0.4, 0.5) is 8.78 Å². The zero-order chi connectivity index (χ0) is 19.2. The highest BCUT2D eigenvalue weighted by Gasteiger charge is 2.06. The van der Waals surface area contributed by atoms with Crippen LogP contribution in [-0.4, -0.2) is 27.7 Å². The summed E-state index contributed by atoms with van der Waals surface area (Å²) in [4.78, 5) is 4.04. The van der Waals surface area contributed by atoms with Gasteiger partial charge in [0.1, 0.15) is 11.6 Å². The summed E-state index contributed by atoms with van der Waals surface area (Å²) < 4.78 is 49.4. The first-order chi connectivity index (χ1) is 12.3. The van der Waals surface area contributed by atoms with Crippen molar-refractivity contribution in [2.45, 2.75) is 18.8 Å². The topological polar surface area (TPSA) is 70.6 Å². The summed E-state index contributed by atoms with van der Waals surface area (Å²) in [5, 5.41) is 5.98. The van der Waals surface area contributed by atoms with Crippen molar-refractivity contribution in [3.8, 4) is 0 Å². The van der Waals surface area contributed by atoms with Crippen LogP contribution in [0.15, 0.2) is 47.5 Å². The molecule has 0 radical (unpaired) electrons. The lowest BCUT2D eigenvalue weighted by atomic mass is 10.1. The molecule has 0 spiro atoms. The van der Waals surface area contributed by atoms with Gasteiger partial charge < -0.3 is 10.6 Å². The van der Waals surface area contributed by atoms with E-state index in [1.165, 1.54) is 6.26 Å². The van der Waals surface area contributed by atoms with Crippen molar-refractivity contribution in [3.05, 3.63) is 70.8 Å². The second-order valence-corrected chi connectivity index (χ2v) is 8.04. The molecule has 0 atom stereocenters. The van der Waals surface area contributed by atoms with Crippen molar-refractivity contribution in [2.24, 2.45) is 4.99 Å². The van der Waals surface area contributed by atoms with E-state index < -0.39 is 21.5 Å². The molecule has 0 unspecified atom stereocenters. The van der Waals surface area contributed by atoms with Crippen LogP contribution < -0.4 is 10.6 Å². The van der Waals surface area contributed by atoms with Gasteiger partial charge in [-0.2, -0.15) is 0 Å². The van der Waals surface area contributed by atoms with Crippen molar-refractivity contribution in [3.63, 3.8) is 0 Å². The molecule has 0 amide bonds. The molecule has 0 aliphatic heterocycles. The van der Waals surface area contributed by atoms with Crippen LogP contribution in [-0.2, 0) is 28.7 Å². The summed E-state index contributed by atoms with van der Waals surface area (Å²) in [6.07, 6.45) is 1.19. The average molecular weight is 509 g/mol. The van der Waals surface area contributed by atoms with Crippen LogP contribution in [0.5, 0.6) is 0 Å². The third-order valence-electron chi connectivity index (χ3n) is 3.59. The molecular weight excluding hydrogens is 487 g/mol. The molecule has 0 fully saturated rings. The Labute approximate surface area is 175 Å². The molecule has 0 aromatic heterocycles. The smallest absolute Gasteiger partial charge is 0.191 e. The number of nitrogens with zero attached hydrogens (tertiary/aromatic N) is 1. The van der Waals surface area contributed by atoms with E-state index in [-0.39, 0.29) is 41.8 Å². The Bertz CT molecular complexity index is 888. The van der Waals surface area contributed by atoms with Crippen molar-refractivity contribution in [1.82, 2.24) is 10.6 Å². The maximum Gasteiger partial charge on any atom is 0.191 e. The second-order valence-electron chi connectivity index (χ2n) is 5.90. The molecule has 2 N–H and O–H groups in total. The summed E-state index contributed by atoms with van der Waals surface area (Å²) in [5.74, 6) is -0.548. The van der Waals surface area contributed by atoms with E-state index in [1.807, 2.05) is 12.1 Å². The van der Waals surface area contributed by atoms with E-state index in [0.717, 1.165) is 29.3 Å². The Kier molecular flexibility index (Phi) is 9.10. The predicted molar refractivity (Wildman–Crippen MR) is 114 cm³/mol. The minimum atomic E-state index is -3.06. The standard InChI is InChI=1S/C18H21F2N3O2S.HI/c1-21-18(23-11-15-9-16(19)7-8-17(15)20)22-10-13-3-5-14(6-4-13)12-26(2,24)25;/h3-9H,10-12H2,1-2H3,(H2,21,22,23);1H. The van der Waals surface area contributed by atoms with Crippen molar-refractivity contribution in [2.75, 3.05) is 13.3 Å². The third-order valence-corrected chi connectivity index (χ3v) is 4.45. The largest absolute Gasteiger partial charge is 0.352 e. The summed E-state index contributed by atoms with van der Waals surface area (Å²) >= 11 is 0.